The van der Waals surface area contributed by atoms with E-state index >= 15 is 0 Å². The second-order valence-corrected chi connectivity index (χ2v) is 7.59. The third kappa shape index (κ3) is 2.52. The smallest absolute Gasteiger partial charge is 0.264 e. The highest BCUT2D eigenvalue weighted by Gasteiger charge is 2.25. The number of carbonyl (C=O) groups excluding carboxylic acids is 1. The zero-order chi connectivity index (χ0) is 14.4. The van der Waals surface area contributed by atoms with Crippen molar-refractivity contribution < 1.29 is 4.79 Å². The van der Waals surface area contributed by atoms with Crippen LogP contribution < -0.4 is 5.32 Å². The first-order valence-electron chi connectivity index (χ1n) is 7.17. The minimum Gasteiger partial charge on any atom is -0.333 e. The summed E-state index contributed by atoms with van der Waals surface area (Å²) in [6, 6.07) is 10.8. The molecule has 1 unspecified atom stereocenters. The molecule has 1 aromatic carbocycles. The number of nitrogens with zero attached hydrogens (tertiary/aromatic N) is 1. The van der Waals surface area contributed by atoms with Gasteiger partial charge in [0, 0.05) is 40.5 Å². The van der Waals surface area contributed by atoms with Gasteiger partial charge in [0.05, 0.1) is 9.58 Å². The molecule has 1 saturated heterocycles. The van der Waals surface area contributed by atoms with E-state index in [1.54, 1.807) is 22.7 Å². The standard InChI is InChI=1S/C16H16N2OS2.ClH/c1-10-9-17-6-7-18(10)16(19)14-8-13-15(21-14)11-4-2-3-5-12(11)20-13;/h2-5,8,10,17H,6-7,9H2,1H3;1H. The predicted molar refractivity (Wildman–Crippen MR) is 97.8 cm³/mol. The fraction of sp³-hybridized carbons (Fsp3) is 0.312. The molecule has 4 rings (SSSR count). The topological polar surface area (TPSA) is 32.3 Å². The summed E-state index contributed by atoms with van der Waals surface area (Å²) in [5.41, 5.74) is 0. The molecule has 0 spiro atoms. The van der Waals surface area contributed by atoms with Gasteiger partial charge in [-0.3, -0.25) is 4.79 Å². The maximum atomic E-state index is 12.7. The quantitative estimate of drug-likeness (QED) is 0.718. The molecule has 2 aromatic heterocycles. The van der Waals surface area contributed by atoms with Crippen LogP contribution in [-0.4, -0.2) is 36.5 Å². The first-order chi connectivity index (χ1) is 10.2. The molecular weight excluding hydrogens is 336 g/mol. The molecule has 3 aromatic rings. The van der Waals surface area contributed by atoms with Crippen LogP contribution in [0.2, 0.25) is 0 Å². The molecule has 1 aliphatic heterocycles. The van der Waals surface area contributed by atoms with Crippen LogP contribution in [0, 0.1) is 0 Å². The van der Waals surface area contributed by atoms with Gasteiger partial charge in [-0.15, -0.1) is 35.1 Å². The summed E-state index contributed by atoms with van der Waals surface area (Å²) in [6.07, 6.45) is 0. The molecule has 22 heavy (non-hydrogen) atoms. The molecule has 0 saturated carbocycles. The Balaban J connectivity index is 0.00000144. The zero-order valence-electron chi connectivity index (χ0n) is 12.2. The van der Waals surface area contributed by atoms with E-state index in [0.29, 0.717) is 0 Å². The van der Waals surface area contributed by atoms with Gasteiger partial charge in [0.1, 0.15) is 0 Å². The van der Waals surface area contributed by atoms with Crippen molar-refractivity contribution in [3.63, 3.8) is 0 Å². The van der Waals surface area contributed by atoms with Gasteiger partial charge < -0.3 is 10.2 Å². The Morgan fingerprint density at radius 2 is 2.09 bits per heavy atom. The van der Waals surface area contributed by atoms with Gasteiger partial charge in [0.2, 0.25) is 0 Å². The average Bonchev–Trinajstić information content (AvgIpc) is 3.04. The number of amides is 1. The number of hydrogen-bond donors (Lipinski definition) is 1. The van der Waals surface area contributed by atoms with Crippen LogP contribution in [0.4, 0.5) is 0 Å². The van der Waals surface area contributed by atoms with Crippen molar-refractivity contribution in [2.75, 3.05) is 19.6 Å². The number of benzene rings is 1. The number of halogens is 1. The summed E-state index contributed by atoms with van der Waals surface area (Å²) in [7, 11) is 0. The summed E-state index contributed by atoms with van der Waals surface area (Å²) < 4.78 is 3.78. The predicted octanol–water partition coefficient (Wildman–Crippen LogP) is 3.97. The number of piperazine rings is 1. The summed E-state index contributed by atoms with van der Waals surface area (Å²) in [5, 5.41) is 4.60. The summed E-state index contributed by atoms with van der Waals surface area (Å²) >= 11 is 3.41. The molecule has 1 fully saturated rings. The number of nitrogens with one attached hydrogen (secondary N) is 1. The largest absolute Gasteiger partial charge is 0.333 e. The molecule has 1 amide bonds. The Labute approximate surface area is 143 Å². The zero-order valence-corrected chi connectivity index (χ0v) is 14.6. The number of thiophene rings is 2. The van der Waals surface area contributed by atoms with Gasteiger partial charge in [-0.2, -0.15) is 0 Å². The number of hydrogen-bond acceptors (Lipinski definition) is 4. The second-order valence-electron chi connectivity index (χ2n) is 5.45. The summed E-state index contributed by atoms with van der Waals surface area (Å²) in [4.78, 5) is 15.6. The lowest BCUT2D eigenvalue weighted by Gasteiger charge is -2.33. The highest BCUT2D eigenvalue weighted by Crippen LogP contribution is 2.39. The van der Waals surface area contributed by atoms with Gasteiger partial charge in [-0.05, 0) is 19.1 Å². The van der Waals surface area contributed by atoms with E-state index in [1.165, 1.54) is 19.5 Å². The van der Waals surface area contributed by atoms with Crippen molar-refractivity contribution >= 4 is 60.5 Å². The maximum absolute atomic E-state index is 12.7. The van der Waals surface area contributed by atoms with Crippen LogP contribution in [0.25, 0.3) is 19.5 Å². The van der Waals surface area contributed by atoms with Crippen LogP contribution in [0.5, 0.6) is 0 Å². The highest BCUT2D eigenvalue weighted by atomic mass is 35.5. The monoisotopic (exact) mass is 352 g/mol. The lowest BCUT2D eigenvalue weighted by molar-refractivity contribution is 0.0661. The van der Waals surface area contributed by atoms with Crippen LogP contribution in [-0.2, 0) is 0 Å². The van der Waals surface area contributed by atoms with Crippen molar-refractivity contribution in [1.29, 1.82) is 0 Å². The van der Waals surface area contributed by atoms with Crippen molar-refractivity contribution in [3.8, 4) is 0 Å². The van der Waals surface area contributed by atoms with E-state index < -0.39 is 0 Å². The summed E-state index contributed by atoms with van der Waals surface area (Å²) in [5.74, 6) is 0.182. The Morgan fingerprint density at radius 3 is 2.91 bits per heavy atom. The third-order valence-corrected chi connectivity index (χ3v) is 6.43. The summed E-state index contributed by atoms with van der Waals surface area (Å²) in [6.45, 7) is 4.68. The molecule has 1 aliphatic rings. The first kappa shape index (κ1) is 15.7. The highest BCUT2D eigenvalue weighted by molar-refractivity contribution is 7.33. The van der Waals surface area contributed by atoms with Crippen LogP contribution in [0.1, 0.15) is 16.6 Å². The molecule has 116 valence electrons. The molecular formula is C16H17ClN2OS2. The van der Waals surface area contributed by atoms with Gasteiger partial charge in [-0.25, -0.2) is 0 Å². The molecule has 0 radical (unpaired) electrons. The van der Waals surface area contributed by atoms with Crippen molar-refractivity contribution in [2.24, 2.45) is 0 Å². The van der Waals surface area contributed by atoms with Crippen LogP contribution in [0.3, 0.4) is 0 Å². The minimum atomic E-state index is 0. The number of fused-ring (bicyclic) bond motifs is 3. The van der Waals surface area contributed by atoms with Crippen molar-refractivity contribution in [1.82, 2.24) is 10.2 Å². The van der Waals surface area contributed by atoms with Gasteiger partial charge >= 0.3 is 0 Å². The number of rotatable bonds is 1. The van der Waals surface area contributed by atoms with E-state index in [-0.39, 0.29) is 24.4 Å². The minimum absolute atomic E-state index is 0. The number of carbonyl (C=O) groups is 1. The van der Waals surface area contributed by atoms with Gasteiger partial charge in [-0.1, -0.05) is 18.2 Å². The second kappa shape index (κ2) is 6.16. The Hall–Kier alpha value is -1.14. The normalized spacial score (nSPS) is 18.6. The Kier molecular flexibility index (Phi) is 4.41. The molecule has 3 nitrogen and oxygen atoms in total. The average molecular weight is 353 g/mol. The van der Waals surface area contributed by atoms with E-state index in [2.05, 4.69) is 42.6 Å². The van der Waals surface area contributed by atoms with E-state index in [0.717, 1.165) is 24.5 Å². The van der Waals surface area contributed by atoms with Crippen LogP contribution >= 0.6 is 35.1 Å². The first-order valence-corrected chi connectivity index (χ1v) is 8.80. The van der Waals surface area contributed by atoms with E-state index in [9.17, 15) is 4.79 Å². The van der Waals surface area contributed by atoms with E-state index in [4.69, 9.17) is 0 Å². The molecule has 1 N–H and O–H groups in total. The third-order valence-electron chi connectivity index (χ3n) is 4.02. The molecule has 6 heteroatoms. The fourth-order valence-electron chi connectivity index (χ4n) is 2.89. The van der Waals surface area contributed by atoms with Gasteiger partial charge in [0.25, 0.3) is 5.91 Å². The lowest BCUT2D eigenvalue weighted by atomic mass is 10.2. The SMILES string of the molecule is CC1CNCCN1C(=O)c1cc2sc3ccccc3c2s1.Cl. The maximum Gasteiger partial charge on any atom is 0.264 e. The fourth-order valence-corrected chi connectivity index (χ4v) is 5.37. The Morgan fingerprint density at radius 1 is 1.27 bits per heavy atom. The molecule has 0 bridgehead atoms. The van der Waals surface area contributed by atoms with E-state index in [1.807, 2.05) is 4.90 Å². The molecule has 1 atom stereocenters. The van der Waals surface area contributed by atoms with Crippen molar-refractivity contribution in [3.05, 3.63) is 35.2 Å². The lowest BCUT2D eigenvalue weighted by Crippen LogP contribution is -2.52. The van der Waals surface area contributed by atoms with Crippen LogP contribution in [0.15, 0.2) is 30.3 Å². The van der Waals surface area contributed by atoms with Crippen molar-refractivity contribution in [2.45, 2.75) is 13.0 Å². The Bertz CT molecular complexity index is 826. The molecule has 3 heterocycles. The van der Waals surface area contributed by atoms with Gasteiger partial charge in [0.15, 0.2) is 0 Å². The molecule has 0 aliphatic carbocycles.